The zero-order chi connectivity index (χ0) is 17.5. The van der Waals surface area contributed by atoms with Gasteiger partial charge in [-0.3, -0.25) is 4.79 Å². The first-order valence-electron chi connectivity index (χ1n) is 7.93. The minimum atomic E-state index is -3.57. The van der Waals surface area contributed by atoms with Crippen LogP contribution in [0, 0.1) is 13.8 Å². The third-order valence-corrected chi connectivity index (χ3v) is 7.16. The lowest BCUT2D eigenvalue weighted by molar-refractivity contribution is 0.514. The Kier molecular flexibility index (Phi) is 4.94. The summed E-state index contributed by atoms with van der Waals surface area (Å²) in [6, 6.07) is 0. The Morgan fingerprint density at radius 2 is 1.92 bits per heavy atom. The summed E-state index contributed by atoms with van der Waals surface area (Å²) in [5, 5.41) is 1.31. The van der Waals surface area contributed by atoms with E-state index >= 15 is 0 Å². The van der Waals surface area contributed by atoms with E-state index in [1.165, 1.54) is 42.4 Å². The Morgan fingerprint density at radius 3 is 2.54 bits per heavy atom. The molecule has 24 heavy (non-hydrogen) atoms. The summed E-state index contributed by atoms with van der Waals surface area (Å²) < 4.78 is 24.5. The summed E-state index contributed by atoms with van der Waals surface area (Å²) in [7, 11) is -3.57. The van der Waals surface area contributed by atoms with E-state index in [-0.39, 0.29) is 5.56 Å². The average molecular weight is 388 g/mol. The second-order valence-corrected chi connectivity index (χ2v) is 10.4. The topological polar surface area (TPSA) is 81.1 Å². The molecule has 6 nitrogen and oxygen atoms in total. The molecule has 0 bridgehead atoms. The number of hydrogen-bond acceptors (Lipinski definition) is 6. The van der Waals surface area contributed by atoms with E-state index < -0.39 is 10.0 Å². The molecule has 0 atom stereocenters. The molecule has 0 spiro atoms. The smallest absolute Gasteiger partial charge is 0.267 e. The third kappa shape index (κ3) is 3.62. The summed E-state index contributed by atoms with van der Waals surface area (Å²) in [4.78, 5) is 21.5. The van der Waals surface area contributed by atoms with Crippen molar-refractivity contribution in [1.29, 1.82) is 0 Å². The number of thioether (sulfide) groups is 1. The SMILES string of the molecule is Cc1sc2nc(SC3CCCCC3)n(NS(C)(=O)=O)c(=O)c2c1C. The van der Waals surface area contributed by atoms with Gasteiger partial charge in [0.25, 0.3) is 5.56 Å². The van der Waals surface area contributed by atoms with Crippen LogP contribution in [-0.4, -0.2) is 29.6 Å². The number of rotatable bonds is 4. The van der Waals surface area contributed by atoms with Crippen molar-refractivity contribution in [3.8, 4) is 0 Å². The standard InChI is InChI=1S/C15H21N3O3S3/c1-9-10(2)22-13-12(9)14(19)18(17-24(3,20)21)15(16-13)23-11-7-5-4-6-8-11/h11,17H,4-8H2,1-3H3. The normalized spacial score (nSPS) is 16.6. The van der Waals surface area contributed by atoms with Gasteiger partial charge in [-0.1, -0.05) is 31.0 Å². The maximum atomic E-state index is 12.9. The fourth-order valence-electron chi connectivity index (χ4n) is 2.93. The second-order valence-electron chi connectivity index (χ2n) is 6.24. The van der Waals surface area contributed by atoms with Gasteiger partial charge in [0.05, 0.1) is 11.6 Å². The Labute approximate surface area is 149 Å². The largest absolute Gasteiger partial charge is 0.282 e. The van der Waals surface area contributed by atoms with Gasteiger partial charge in [0.15, 0.2) is 5.16 Å². The van der Waals surface area contributed by atoms with Gasteiger partial charge in [0.2, 0.25) is 10.0 Å². The maximum Gasteiger partial charge on any atom is 0.282 e. The zero-order valence-electron chi connectivity index (χ0n) is 14.0. The molecule has 3 rings (SSSR count). The molecule has 0 radical (unpaired) electrons. The van der Waals surface area contributed by atoms with Crippen molar-refractivity contribution in [2.75, 3.05) is 11.1 Å². The Hall–Kier alpha value is -1.06. The lowest BCUT2D eigenvalue weighted by Gasteiger charge is -2.22. The summed E-state index contributed by atoms with van der Waals surface area (Å²) in [6.07, 6.45) is 6.76. The predicted octanol–water partition coefficient (Wildman–Crippen LogP) is 3.00. The molecule has 1 aliphatic rings. The van der Waals surface area contributed by atoms with Crippen LogP contribution in [0.2, 0.25) is 0 Å². The van der Waals surface area contributed by atoms with Gasteiger partial charge >= 0.3 is 0 Å². The van der Waals surface area contributed by atoms with E-state index in [2.05, 4.69) is 9.82 Å². The van der Waals surface area contributed by atoms with Crippen molar-refractivity contribution in [1.82, 2.24) is 9.66 Å². The van der Waals surface area contributed by atoms with Gasteiger partial charge < -0.3 is 0 Å². The number of nitrogens with zero attached hydrogens (tertiary/aromatic N) is 2. The number of nitrogens with one attached hydrogen (secondary N) is 1. The molecule has 1 N–H and O–H groups in total. The van der Waals surface area contributed by atoms with E-state index in [1.807, 2.05) is 13.8 Å². The van der Waals surface area contributed by atoms with Gasteiger partial charge in [-0.15, -0.1) is 11.3 Å². The van der Waals surface area contributed by atoms with Crippen LogP contribution in [-0.2, 0) is 10.0 Å². The molecule has 9 heteroatoms. The highest BCUT2D eigenvalue weighted by Gasteiger charge is 2.22. The van der Waals surface area contributed by atoms with Crippen LogP contribution in [0.1, 0.15) is 42.5 Å². The van der Waals surface area contributed by atoms with Gasteiger partial charge in [0, 0.05) is 10.1 Å². The Bertz CT molecular complexity index is 925. The molecule has 2 aromatic rings. The number of sulfonamides is 1. The molecule has 1 fully saturated rings. The van der Waals surface area contributed by atoms with E-state index in [0.29, 0.717) is 20.6 Å². The lowest BCUT2D eigenvalue weighted by Crippen LogP contribution is -2.35. The Morgan fingerprint density at radius 1 is 1.25 bits per heavy atom. The molecular weight excluding hydrogens is 366 g/mol. The minimum Gasteiger partial charge on any atom is -0.267 e. The van der Waals surface area contributed by atoms with Crippen molar-refractivity contribution in [2.45, 2.75) is 56.4 Å². The van der Waals surface area contributed by atoms with E-state index in [9.17, 15) is 13.2 Å². The maximum absolute atomic E-state index is 12.9. The molecular formula is C15H21N3O3S3. The van der Waals surface area contributed by atoms with Crippen molar-refractivity contribution < 1.29 is 8.42 Å². The average Bonchev–Trinajstić information content (AvgIpc) is 2.78. The molecule has 2 heterocycles. The first-order valence-corrected chi connectivity index (χ1v) is 11.5. The van der Waals surface area contributed by atoms with Gasteiger partial charge in [-0.05, 0) is 32.3 Å². The highest BCUT2D eigenvalue weighted by atomic mass is 32.2. The summed E-state index contributed by atoms with van der Waals surface area (Å²) in [5.74, 6) is 0. The van der Waals surface area contributed by atoms with Crippen molar-refractivity contribution in [3.05, 3.63) is 20.8 Å². The number of aromatic nitrogens is 2. The summed E-state index contributed by atoms with van der Waals surface area (Å²) >= 11 is 2.99. The number of fused-ring (bicyclic) bond motifs is 1. The minimum absolute atomic E-state index is 0.342. The molecule has 0 amide bonds. The van der Waals surface area contributed by atoms with Crippen LogP contribution in [0.15, 0.2) is 9.95 Å². The van der Waals surface area contributed by atoms with Crippen LogP contribution in [0.5, 0.6) is 0 Å². The fourth-order valence-corrected chi connectivity index (χ4v) is 5.81. The molecule has 1 saturated carbocycles. The van der Waals surface area contributed by atoms with Crippen LogP contribution in [0.4, 0.5) is 0 Å². The molecule has 0 aromatic carbocycles. The predicted molar refractivity (Wildman–Crippen MR) is 100 cm³/mol. The quantitative estimate of drug-likeness (QED) is 0.816. The van der Waals surface area contributed by atoms with E-state index in [1.54, 1.807) is 0 Å². The van der Waals surface area contributed by atoms with Crippen molar-refractivity contribution >= 4 is 43.3 Å². The molecule has 1 aliphatic carbocycles. The highest BCUT2D eigenvalue weighted by Crippen LogP contribution is 2.34. The monoisotopic (exact) mass is 387 g/mol. The summed E-state index contributed by atoms with van der Waals surface area (Å²) in [6.45, 7) is 3.82. The van der Waals surface area contributed by atoms with Crippen LogP contribution in [0.3, 0.4) is 0 Å². The van der Waals surface area contributed by atoms with Gasteiger partial charge in [-0.2, -0.15) is 4.68 Å². The van der Waals surface area contributed by atoms with Crippen molar-refractivity contribution in [2.24, 2.45) is 0 Å². The van der Waals surface area contributed by atoms with Crippen LogP contribution in [0.25, 0.3) is 10.2 Å². The van der Waals surface area contributed by atoms with Gasteiger partial charge in [-0.25, -0.2) is 18.2 Å². The third-order valence-electron chi connectivity index (χ3n) is 4.25. The number of hydrogen-bond donors (Lipinski definition) is 1. The first-order chi connectivity index (χ1) is 11.3. The van der Waals surface area contributed by atoms with Crippen LogP contribution >= 0.6 is 23.1 Å². The molecule has 2 aromatic heterocycles. The fraction of sp³-hybridized carbons (Fsp3) is 0.600. The Balaban J connectivity index is 2.14. The van der Waals surface area contributed by atoms with E-state index in [4.69, 9.17) is 0 Å². The lowest BCUT2D eigenvalue weighted by atomic mass is 10.0. The molecule has 0 aliphatic heterocycles. The van der Waals surface area contributed by atoms with E-state index in [0.717, 1.165) is 34.2 Å². The molecule has 0 saturated heterocycles. The number of aryl methyl sites for hydroxylation is 2. The van der Waals surface area contributed by atoms with Crippen molar-refractivity contribution in [3.63, 3.8) is 0 Å². The molecule has 0 unspecified atom stereocenters. The second kappa shape index (κ2) is 6.68. The first kappa shape index (κ1) is 17.8. The molecule has 132 valence electrons. The van der Waals surface area contributed by atoms with Crippen LogP contribution < -0.4 is 10.4 Å². The highest BCUT2D eigenvalue weighted by molar-refractivity contribution is 7.99. The zero-order valence-corrected chi connectivity index (χ0v) is 16.4. The number of thiophene rings is 1. The summed E-state index contributed by atoms with van der Waals surface area (Å²) in [5.41, 5.74) is 0.524. The van der Waals surface area contributed by atoms with Gasteiger partial charge in [0.1, 0.15) is 4.83 Å².